The molecular weight excluding hydrogens is 176 g/mol. The number of rotatable bonds is 2. The molecule has 0 aliphatic rings. The molecule has 0 spiro atoms. The molecule has 0 bridgehead atoms. The van der Waals surface area contributed by atoms with E-state index in [1.165, 1.54) is 6.08 Å². The van der Waals surface area contributed by atoms with Crippen molar-refractivity contribution in [3.63, 3.8) is 0 Å². The van der Waals surface area contributed by atoms with Gasteiger partial charge in [0.15, 0.2) is 0 Å². The second-order valence-corrected chi connectivity index (χ2v) is 1.32. The molecule has 0 aromatic rings. The zero-order chi connectivity index (χ0) is 11.4. The van der Waals surface area contributed by atoms with E-state index in [1.54, 1.807) is 0 Å². The Morgan fingerprint density at radius 3 is 1.31 bits per heavy atom. The van der Waals surface area contributed by atoms with Crippen LogP contribution >= 0.6 is 0 Å². The minimum absolute atomic E-state index is 0.0278. The summed E-state index contributed by atoms with van der Waals surface area (Å²) in [5.74, 6) is -1.02. The van der Waals surface area contributed by atoms with Crippen molar-refractivity contribution in [2.45, 2.75) is 0 Å². The number of hydrogen-bond acceptors (Lipinski definition) is 2. The molecule has 3 N–H and O–H groups in total. The average molecular weight is 188 g/mol. The van der Waals surface area contributed by atoms with Crippen LogP contribution in [0.25, 0.3) is 0 Å². The Labute approximate surface area is 75.9 Å². The first kappa shape index (κ1) is 17.2. The molecule has 0 aromatic heterocycles. The van der Waals surface area contributed by atoms with Gasteiger partial charge in [-0.15, -0.1) is 13.2 Å². The first-order chi connectivity index (χ1) is 5.91. The number of carboxylic acid groups (broad SMARTS) is 3. The van der Waals surface area contributed by atoms with E-state index in [1.807, 2.05) is 0 Å². The Bertz CT molecular complexity index is 191. The van der Waals surface area contributed by atoms with Gasteiger partial charge >= 0.3 is 12.1 Å². The van der Waals surface area contributed by atoms with Gasteiger partial charge in [0.2, 0.25) is 0 Å². The van der Waals surface area contributed by atoms with Gasteiger partial charge in [-0.3, -0.25) is 0 Å². The molecule has 0 amide bonds. The van der Waals surface area contributed by atoms with Crippen molar-refractivity contribution in [3.05, 3.63) is 38.0 Å². The zero-order valence-corrected chi connectivity index (χ0v) is 7.06. The lowest BCUT2D eigenvalue weighted by Gasteiger charge is -1.82. The van der Waals surface area contributed by atoms with Crippen LogP contribution in [-0.4, -0.2) is 27.4 Å². The summed E-state index contributed by atoms with van der Waals surface area (Å²) < 4.78 is 0. The maximum atomic E-state index is 9.76. The average Bonchev–Trinajstić information content (AvgIpc) is 2.05. The first-order valence-electron chi connectivity index (χ1n) is 2.88. The van der Waals surface area contributed by atoms with E-state index in [0.717, 1.165) is 0 Å². The van der Waals surface area contributed by atoms with Crippen LogP contribution in [0.3, 0.4) is 0 Å². The predicted octanol–water partition coefficient (Wildman–Crippen LogP) is 1.84. The van der Waals surface area contributed by atoms with Crippen molar-refractivity contribution in [3.8, 4) is 0 Å². The fourth-order valence-electron chi connectivity index (χ4n) is 0.0873. The van der Waals surface area contributed by atoms with Crippen LogP contribution in [0, 0.1) is 0 Å². The van der Waals surface area contributed by atoms with Crippen molar-refractivity contribution >= 4 is 12.1 Å². The lowest BCUT2D eigenvalue weighted by atomic mass is 10.3. The van der Waals surface area contributed by atoms with Crippen LogP contribution in [0.2, 0.25) is 0 Å². The summed E-state index contributed by atoms with van der Waals surface area (Å²) in [5, 5.41) is 22.0. The van der Waals surface area contributed by atoms with Crippen molar-refractivity contribution < 1.29 is 24.9 Å². The van der Waals surface area contributed by atoms with E-state index in [9.17, 15) is 4.79 Å². The van der Waals surface area contributed by atoms with Crippen molar-refractivity contribution in [1.29, 1.82) is 0 Å². The third-order valence-electron chi connectivity index (χ3n) is 0.521. The zero-order valence-electron chi connectivity index (χ0n) is 7.06. The molecule has 0 heterocycles. The largest absolute Gasteiger partial charge is 0.503 e. The fraction of sp³-hybridized carbons (Fsp3) is 0. The van der Waals surface area contributed by atoms with Crippen molar-refractivity contribution in [1.82, 2.24) is 0 Å². The van der Waals surface area contributed by atoms with Crippen LogP contribution in [0.4, 0.5) is 4.79 Å². The van der Waals surface area contributed by atoms with Gasteiger partial charge in [0.25, 0.3) is 0 Å². The standard InChI is InChI=1S/C5H6O2.C2H4.CH2O3/c1-3-4(2)5(6)7;1-2;2-1(3)4/h3H,1-2H2,(H,6,7);1-2H2;(H2,2,3,4). The van der Waals surface area contributed by atoms with Crippen molar-refractivity contribution in [2.24, 2.45) is 0 Å². The Morgan fingerprint density at radius 2 is 1.31 bits per heavy atom. The minimum Gasteiger partial charge on any atom is -0.478 e. The third kappa shape index (κ3) is 40.2. The quantitative estimate of drug-likeness (QED) is 0.349. The molecule has 0 rings (SSSR count). The van der Waals surface area contributed by atoms with Crippen LogP contribution < -0.4 is 0 Å². The first-order valence-corrected chi connectivity index (χ1v) is 2.88. The minimum atomic E-state index is -1.83. The highest BCUT2D eigenvalue weighted by molar-refractivity contribution is 5.88. The highest BCUT2D eigenvalue weighted by Gasteiger charge is 1.93. The van der Waals surface area contributed by atoms with E-state index >= 15 is 0 Å². The monoisotopic (exact) mass is 188 g/mol. The second-order valence-electron chi connectivity index (χ2n) is 1.32. The normalized spacial score (nSPS) is 6.15. The van der Waals surface area contributed by atoms with Crippen LogP contribution in [-0.2, 0) is 4.79 Å². The molecule has 5 nitrogen and oxygen atoms in total. The van der Waals surface area contributed by atoms with Gasteiger partial charge in [-0.25, -0.2) is 9.59 Å². The second kappa shape index (κ2) is 12.6. The summed E-state index contributed by atoms with van der Waals surface area (Å²) in [6.07, 6.45) is -0.637. The highest BCUT2D eigenvalue weighted by atomic mass is 16.6. The van der Waals surface area contributed by atoms with E-state index < -0.39 is 12.1 Å². The smallest absolute Gasteiger partial charge is 0.478 e. The molecule has 0 aliphatic heterocycles. The molecule has 0 unspecified atom stereocenters. The van der Waals surface area contributed by atoms with Gasteiger partial charge in [0.05, 0.1) is 5.57 Å². The highest BCUT2D eigenvalue weighted by Crippen LogP contribution is 1.86. The summed E-state index contributed by atoms with van der Waals surface area (Å²) in [5.41, 5.74) is 0.0278. The lowest BCUT2D eigenvalue weighted by Crippen LogP contribution is -1.93. The summed E-state index contributed by atoms with van der Waals surface area (Å²) in [4.78, 5) is 18.3. The Kier molecular flexibility index (Phi) is 16.7. The van der Waals surface area contributed by atoms with Crippen LogP contribution in [0.15, 0.2) is 38.0 Å². The van der Waals surface area contributed by atoms with Gasteiger partial charge in [0, 0.05) is 0 Å². The molecule has 13 heavy (non-hydrogen) atoms. The summed E-state index contributed by atoms with van der Waals surface area (Å²) in [6, 6.07) is 0. The number of carbonyl (C=O) groups is 2. The van der Waals surface area contributed by atoms with Crippen LogP contribution in [0.1, 0.15) is 0 Å². The summed E-state index contributed by atoms with van der Waals surface area (Å²) in [7, 11) is 0. The van der Waals surface area contributed by atoms with Crippen molar-refractivity contribution in [2.75, 3.05) is 0 Å². The van der Waals surface area contributed by atoms with E-state index in [4.69, 9.17) is 20.1 Å². The van der Waals surface area contributed by atoms with Gasteiger partial charge in [-0.1, -0.05) is 19.2 Å². The summed E-state index contributed by atoms with van der Waals surface area (Å²) in [6.45, 7) is 12.4. The number of aliphatic carboxylic acids is 1. The predicted molar refractivity (Wildman–Crippen MR) is 48.9 cm³/mol. The summed E-state index contributed by atoms with van der Waals surface area (Å²) >= 11 is 0. The van der Waals surface area contributed by atoms with E-state index in [-0.39, 0.29) is 5.57 Å². The van der Waals surface area contributed by atoms with Crippen LogP contribution in [0.5, 0.6) is 0 Å². The maximum absolute atomic E-state index is 9.76. The molecular formula is C8H12O5. The molecule has 74 valence electrons. The number of hydrogen-bond donors (Lipinski definition) is 3. The fourth-order valence-corrected chi connectivity index (χ4v) is 0.0873. The van der Waals surface area contributed by atoms with Gasteiger partial charge < -0.3 is 15.3 Å². The molecule has 0 fully saturated rings. The van der Waals surface area contributed by atoms with Gasteiger partial charge in [0.1, 0.15) is 0 Å². The Balaban J connectivity index is -0.000000142. The molecule has 0 aliphatic carbocycles. The van der Waals surface area contributed by atoms with Gasteiger partial charge in [-0.05, 0) is 0 Å². The topological polar surface area (TPSA) is 94.8 Å². The Morgan fingerprint density at radius 1 is 1.08 bits per heavy atom. The van der Waals surface area contributed by atoms with E-state index in [2.05, 4.69) is 26.3 Å². The molecule has 0 aromatic carbocycles. The molecule has 5 heteroatoms. The number of carboxylic acids is 1. The van der Waals surface area contributed by atoms with E-state index in [0.29, 0.717) is 0 Å². The maximum Gasteiger partial charge on any atom is 0.503 e. The third-order valence-corrected chi connectivity index (χ3v) is 0.521. The molecule has 0 radical (unpaired) electrons. The molecule has 0 saturated heterocycles. The SMILES string of the molecule is C=C.C=CC(=C)C(=O)O.O=C(O)O. The molecule has 0 saturated carbocycles. The van der Waals surface area contributed by atoms with Gasteiger partial charge in [-0.2, -0.15) is 0 Å². The molecule has 0 atom stereocenters. The Hall–Kier alpha value is -2.04. The lowest BCUT2D eigenvalue weighted by molar-refractivity contribution is -0.132.